The van der Waals surface area contributed by atoms with Crippen LogP contribution in [0.3, 0.4) is 0 Å². The number of nitrogens with zero attached hydrogens (tertiary/aromatic N) is 3. The minimum absolute atomic E-state index is 0.178. The monoisotopic (exact) mass is 343 g/mol. The molecular formula is C19H25N3O3. The van der Waals surface area contributed by atoms with Crippen molar-refractivity contribution in [3.63, 3.8) is 0 Å². The van der Waals surface area contributed by atoms with Crippen LogP contribution in [0.5, 0.6) is 5.75 Å². The second kappa shape index (κ2) is 8.14. The number of carbonyl (C=O) groups excluding carboxylic acids is 1. The van der Waals surface area contributed by atoms with E-state index in [4.69, 9.17) is 9.26 Å². The number of aryl methyl sites for hydroxylation is 2. The highest BCUT2D eigenvalue weighted by atomic mass is 16.5. The van der Waals surface area contributed by atoms with Gasteiger partial charge < -0.3 is 14.2 Å². The molecule has 25 heavy (non-hydrogen) atoms. The molecule has 1 amide bonds. The van der Waals surface area contributed by atoms with Crippen molar-refractivity contribution in [1.29, 1.82) is 0 Å². The lowest BCUT2D eigenvalue weighted by Gasteiger charge is -2.31. The highest BCUT2D eigenvalue weighted by molar-refractivity contribution is 5.76. The van der Waals surface area contributed by atoms with Gasteiger partial charge in [0.1, 0.15) is 5.75 Å². The van der Waals surface area contributed by atoms with Crippen LogP contribution in [-0.4, -0.2) is 40.6 Å². The molecule has 0 saturated carbocycles. The standard InChI is InChI=1S/C19H25N3O3/c1-14-7-9-17(10-8-14)24-12-4-6-18(23)22-11-3-5-16(13-22)19-20-15(2)25-21-19/h7-10,16H,3-6,11-13H2,1-2H3. The number of likely N-dealkylation sites (tertiary alicyclic amines) is 1. The summed E-state index contributed by atoms with van der Waals surface area (Å²) >= 11 is 0. The first-order chi connectivity index (χ1) is 12.1. The number of hydrogen-bond acceptors (Lipinski definition) is 5. The molecule has 6 nitrogen and oxygen atoms in total. The molecule has 1 fully saturated rings. The third-order valence-electron chi connectivity index (χ3n) is 4.51. The zero-order chi connectivity index (χ0) is 17.6. The lowest BCUT2D eigenvalue weighted by Crippen LogP contribution is -2.39. The van der Waals surface area contributed by atoms with Gasteiger partial charge in [0, 0.05) is 32.4 Å². The molecule has 1 aromatic heterocycles. The molecule has 0 spiro atoms. The fourth-order valence-corrected chi connectivity index (χ4v) is 3.10. The van der Waals surface area contributed by atoms with E-state index in [1.807, 2.05) is 36.1 Å². The number of piperidine rings is 1. The van der Waals surface area contributed by atoms with Gasteiger partial charge in [0.25, 0.3) is 0 Å². The van der Waals surface area contributed by atoms with Crippen molar-refractivity contribution in [3.05, 3.63) is 41.5 Å². The summed E-state index contributed by atoms with van der Waals surface area (Å²) in [6.45, 7) is 5.87. The Labute approximate surface area is 148 Å². The topological polar surface area (TPSA) is 68.5 Å². The van der Waals surface area contributed by atoms with Crippen LogP contribution in [-0.2, 0) is 4.79 Å². The Morgan fingerprint density at radius 3 is 2.84 bits per heavy atom. The molecule has 134 valence electrons. The van der Waals surface area contributed by atoms with Crippen LogP contribution in [0.4, 0.5) is 0 Å². The Morgan fingerprint density at radius 2 is 2.12 bits per heavy atom. The lowest BCUT2D eigenvalue weighted by molar-refractivity contribution is -0.132. The first-order valence-electron chi connectivity index (χ1n) is 8.89. The van der Waals surface area contributed by atoms with E-state index in [0.717, 1.165) is 37.4 Å². The van der Waals surface area contributed by atoms with E-state index < -0.39 is 0 Å². The zero-order valence-corrected chi connectivity index (χ0v) is 14.9. The highest BCUT2D eigenvalue weighted by Gasteiger charge is 2.27. The van der Waals surface area contributed by atoms with E-state index in [-0.39, 0.29) is 11.8 Å². The maximum Gasteiger partial charge on any atom is 0.223 e. The SMILES string of the molecule is Cc1ccc(OCCCC(=O)N2CCCC(c3noc(C)n3)C2)cc1. The van der Waals surface area contributed by atoms with Gasteiger partial charge in [-0.3, -0.25) is 4.79 Å². The summed E-state index contributed by atoms with van der Waals surface area (Å²) in [5.74, 6) is 2.50. The maximum atomic E-state index is 12.4. The van der Waals surface area contributed by atoms with Crippen molar-refractivity contribution in [2.75, 3.05) is 19.7 Å². The summed E-state index contributed by atoms with van der Waals surface area (Å²) in [6.07, 6.45) is 3.20. The van der Waals surface area contributed by atoms with E-state index in [2.05, 4.69) is 10.1 Å². The summed E-state index contributed by atoms with van der Waals surface area (Å²) in [4.78, 5) is 18.7. The minimum Gasteiger partial charge on any atom is -0.494 e. The van der Waals surface area contributed by atoms with Gasteiger partial charge in [-0.15, -0.1) is 0 Å². The molecule has 2 heterocycles. The molecule has 0 N–H and O–H groups in total. The molecule has 3 rings (SSSR count). The van der Waals surface area contributed by atoms with E-state index in [1.165, 1.54) is 5.56 Å². The van der Waals surface area contributed by atoms with Gasteiger partial charge in [-0.05, 0) is 38.3 Å². The number of benzene rings is 1. The van der Waals surface area contributed by atoms with Crippen LogP contribution in [0, 0.1) is 13.8 Å². The lowest BCUT2D eigenvalue weighted by atomic mass is 9.97. The fraction of sp³-hybridized carbons (Fsp3) is 0.526. The highest BCUT2D eigenvalue weighted by Crippen LogP contribution is 2.25. The summed E-state index contributed by atoms with van der Waals surface area (Å²) in [6, 6.07) is 7.96. The Morgan fingerprint density at radius 1 is 1.32 bits per heavy atom. The van der Waals surface area contributed by atoms with E-state index in [9.17, 15) is 4.79 Å². The summed E-state index contributed by atoms with van der Waals surface area (Å²) in [5.41, 5.74) is 1.21. The second-order valence-corrected chi connectivity index (χ2v) is 6.62. The zero-order valence-electron chi connectivity index (χ0n) is 14.9. The molecule has 1 aromatic carbocycles. The van der Waals surface area contributed by atoms with E-state index in [1.54, 1.807) is 6.92 Å². The average molecular weight is 343 g/mol. The molecule has 1 atom stereocenters. The quantitative estimate of drug-likeness (QED) is 0.753. The Hall–Kier alpha value is -2.37. The van der Waals surface area contributed by atoms with Gasteiger partial charge >= 0.3 is 0 Å². The number of ether oxygens (including phenoxy) is 1. The van der Waals surface area contributed by atoms with Crippen molar-refractivity contribution in [1.82, 2.24) is 15.0 Å². The first-order valence-corrected chi connectivity index (χ1v) is 8.89. The molecule has 1 aliphatic heterocycles. The van der Waals surface area contributed by atoms with Crippen LogP contribution in [0.25, 0.3) is 0 Å². The number of amides is 1. The van der Waals surface area contributed by atoms with Crippen LogP contribution < -0.4 is 4.74 Å². The molecule has 0 aliphatic carbocycles. The van der Waals surface area contributed by atoms with Gasteiger partial charge in [0.2, 0.25) is 11.8 Å². The Bertz CT molecular complexity index is 696. The summed E-state index contributed by atoms with van der Waals surface area (Å²) < 4.78 is 10.7. The Kier molecular flexibility index (Phi) is 5.68. The first kappa shape index (κ1) is 17.5. The summed E-state index contributed by atoms with van der Waals surface area (Å²) in [7, 11) is 0. The molecule has 1 aliphatic rings. The predicted molar refractivity (Wildman–Crippen MR) is 93.5 cm³/mol. The molecule has 0 radical (unpaired) electrons. The average Bonchev–Trinajstić information content (AvgIpc) is 3.07. The van der Waals surface area contributed by atoms with Gasteiger partial charge in [0.15, 0.2) is 5.82 Å². The largest absolute Gasteiger partial charge is 0.494 e. The number of hydrogen-bond donors (Lipinski definition) is 0. The molecule has 6 heteroatoms. The molecular weight excluding hydrogens is 318 g/mol. The smallest absolute Gasteiger partial charge is 0.223 e. The van der Waals surface area contributed by atoms with Gasteiger partial charge in [-0.1, -0.05) is 22.9 Å². The van der Waals surface area contributed by atoms with Crippen molar-refractivity contribution >= 4 is 5.91 Å². The number of rotatable bonds is 6. The number of carbonyl (C=O) groups is 1. The predicted octanol–water partition coefficient (Wildman–Crippen LogP) is 3.25. The molecule has 1 unspecified atom stereocenters. The van der Waals surface area contributed by atoms with Gasteiger partial charge in [0.05, 0.1) is 6.61 Å². The van der Waals surface area contributed by atoms with Crippen molar-refractivity contribution in [3.8, 4) is 5.75 Å². The van der Waals surface area contributed by atoms with Crippen LogP contribution in [0.1, 0.15) is 48.9 Å². The van der Waals surface area contributed by atoms with Crippen LogP contribution in [0.15, 0.2) is 28.8 Å². The summed E-state index contributed by atoms with van der Waals surface area (Å²) in [5, 5.41) is 4.00. The molecule has 2 aromatic rings. The Balaban J connectivity index is 1.42. The van der Waals surface area contributed by atoms with Crippen molar-refractivity contribution < 1.29 is 14.1 Å². The van der Waals surface area contributed by atoms with Crippen LogP contribution in [0.2, 0.25) is 0 Å². The minimum atomic E-state index is 0.178. The second-order valence-electron chi connectivity index (χ2n) is 6.62. The van der Waals surface area contributed by atoms with Crippen LogP contribution >= 0.6 is 0 Å². The molecule has 0 bridgehead atoms. The van der Waals surface area contributed by atoms with Crippen molar-refractivity contribution in [2.45, 2.75) is 45.4 Å². The van der Waals surface area contributed by atoms with E-state index in [0.29, 0.717) is 25.5 Å². The third kappa shape index (κ3) is 4.81. The number of aromatic nitrogens is 2. The normalized spacial score (nSPS) is 17.5. The maximum absolute atomic E-state index is 12.4. The van der Waals surface area contributed by atoms with E-state index >= 15 is 0 Å². The third-order valence-corrected chi connectivity index (χ3v) is 4.51. The van der Waals surface area contributed by atoms with Gasteiger partial charge in [-0.2, -0.15) is 4.98 Å². The van der Waals surface area contributed by atoms with Crippen molar-refractivity contribution in [2.24, 2.45) is 0 Å². The fourth-order valence-electron chi connectivity index (χ4n) is 3.10. The molecule has 1 saturated heterocycles. The van der Waals surface area contributed by atoms with Gasteiger partial charge in [-0.25, -0.2) is 0 Å².